The fourth-order valence-corrected chi connectivity index (χ4v) is 4.24. The van der Waals surface area contributed by atoms with E-state index in [1.807, 2.05) is 13.8 Å². The van der Waals surface area contributed by atoms with E-state index in [2.05, 4.69) is 21.9 Å². The zero-order chi connectivity index (χ0) is 23.4. The molecule has 0 saturated carbocycles. The number of hydrogen-bond acceptors (Lipinski definition) is 8. The maximum absolute atomic E-state index is 13.0. The van der Waals surface area contributed by atoms with Gasteiger partial charge in [-0.3, -0.25) is 19.5 Å². The fourth-order valence-electron chi connectivity index (χ4n) is 4.24. The summed E-state index contributed by atoms with van der Waals surface area (Å²) in [5, 5.41) is 6.36. The summed E-state index contributed by atoms with van der Waals surface area (Å²) in [4.78, 5) is 37.2. The number of fused-ring (bicyclic) bond motifs is 1. The highest BCUT2D eigenvalue weighted by atomic mass is 16.5. The molecular weight excluding hydrogens is 422 g/mol. The van der Waals surface area contributed by atoms with Gasteiger partial charge in [-0.1, -0.05) is 13.3 Å². The third kappa shape index (κ3) is 4.89. The van der Waals surface area contributed by atoms with Crippen molar-refractivity contribution in [2.75, 3.05) is 46.0 Å². The molecule has 33 heavy (non-hydrogen) atoms. The van der Waals surface area contributed by atoms with Crippen molar-refractivity contribution in [3.63, 3.8) is 0 Å². The molecule has 0 aromatic heterocycles. The van der Waals surface area contributed by atoms with Crippen LogP contribution in [-0.2, 0) is 9.53 Å². The van der Waals surface area contributed by atoms with Crippen LogP contribution >= 0.6 is 0 Å². The van der Waals surface area contributed by atoms with Gasteiger partial charge in [0.15, 0.2) is 17.7 Å². The monoisotopic (exact) mass is 453 g/mol. The van der Waals surface area contributed by atoms with E-state index >= 15 is 0 Å². The zero-order valence-corrected chi connectivity index (χ0v) is 19.5. The number of amides is 1. The molecule has 0 N–H and O–H groups in total. The van der Waals surface area contributed by atoms with Gasteiger partial charge in [-0.15, -0.1) is 0 Å². The Balaban J connectivity index is 1.67. The predicted molar refractivity (Wildman–Crippen MR) is 127 cm³/mol. The highest BCUT2D eigenvalue weighted by molar-refractivity contribution is 6.52. The van der Waals surface area contributed by atoms with Gasteiger partial charge in [-0.05, 0) is 38.5 Å². The Morgan fingerprint density at radius 2 is 1.97 bits per heavy atom. The summed E-state index contributed by atoms with van der Waals surface area (Å²) in [6.45, 7) is 10.0. The van der Waals surface area contributed by atoms with Crippen LogP contribution in [0, 0.1) is 0 Å². The minimum absolute atomic E-state index is 0.000669. The number of hydrazone groups is 1. The van der Waals surface area contributed by atoms with Crippen LogP contribution in [0.1, 0.15) is 49.5 Å². The van der Waals surface area contributed by atoms with E-state index in [0.29, 0.717) is 55.5 Å². The lowest BCUT2D eigenvalue weighted by Gasteiger charge is -2.26. The van der Waals surface area contributed by atoms with Gasteiger partial charge < -0.3 is 9.47 Å². The van der Waals surface area contributed by atoms with Crippen LogP contribution in [0.5, 0.6) is 5.75 Å². The molecule has 1 saturated heterocycles. The maximum atomic E-state index is 13.0. The van der Waals surface area contributed by atoms with Crippen LogP contribution in [0.15, 0.2) is 33.3 Å². The van der Waals surface area contributed by atoms with Crippen LogP contribution in [-0.4, -0.2) is 90.9 Å². The minimum Gasteiger partial charge on any atom is -0.493 e. The highest BCUT2D eigenvalue weighted by Gasteiger charge is 2.41. The summed E-state index contributed by atoms with van der Waals surface area (Å²) in [6.07, 6.45) is 1.64. The number of rotatable bonds is 9. The van der Waals surface area contributed by atoms with Crippen LogP contribution < -0.4 is 4.74 Å². The van der Waals surface area contributed by atoms with Crippen molar-refractivity contribution in [2.45, 2.75) is 39.7 Å². The molecule has 0 radical (unpaired) electrons. The first-order valence-corrected chi connectivity index (χ1v) is 11.7. The Morgan fingerprint density at radius 1 is 1.18 bits per heavy atom. The van der Waals surface area contributed by atoms with E-state index < -0.39 is 6.04 Å². The van der Waals surface area contributed by atoms with Crippen molar-refractivity contribution in [1.82, 2.24) is 9.91 Å². The predicted octanol–water partition coefficient (Wildman–Crippen LogP) is 2.19. The topological polar surface area (TPSA) is 96.2 Å². The summed E-state index contributed by atoms with van der Waals surface area (Å²) in [6, 6.07) is 4.70. The van der Waals surface area contributed by atoms with Crippen LogP contribution in [0.3, 0.4) is 0 Å². The summed E-state index contributed by atoms with van der Waals surface area (Å²) in [5.74, 6) is 0.534. The summed E-state index contributed by atoms with van der Waals surface area (Å²) in [7, 11) is 0. The average molecular weight is 454 g/mol. The van der Waals surface area contributed by atoms with Gasteiger partial charge in [0.2, 0.25) is 0 Å². The number of morpholine rings is 1. The van der Waals surface area contributed by atoms with Crippen LogP contribution in [0.2, 0.25) is 0 Å². The van der Waals surface area contributed by atoms with E-state index in [0.717, 1.165) is 31.6 Å². The number of amidine groups is 1. The lowest BCUT2D eigenvalue weighted by Crippen LogP contribution is -2.43. The molecule has 1 amide bonds. The summed E-state index contributed by atoms with van der Waals surface area (Å²) in [5.41, 5.74) is 2.57. The Labute approximate surface area is 194 Å². The molecule has 1 atom stereocenters. The van der Waals surface area contributed by atoms with Crippen molar-refractivity contribution in [3.8, 4) is 5.75 Å². The highest BCUT2D eigenvalue weighted by Crippen LogP contribution is 2.27. The number of ether oxygens (including phenoxy) is 2. The van der Waals surface area contributed by atoms with Gasteiger partial charge in [-0.2, -0.15) is 10.1 Å². The number of Topliss-reactive ketones (excluding diaryl/α,β-unsaturated/α-hetero) is 1. The first kappa shape index (κ1) is 23.3. The van der Waals surface area contributed by atoms with E-state index in [1.54, 1.807) is 23.2 Å². The zero-order valence-electron chi connectivity index (χ0n) is 19.5. The first-order valence-electron chi connectivity index (χ1n) is 11.7. The molecule has 176 valence electrons. The maximum Gasteiger partial charge on any atom is 0.278 e. The second kappa shape index (κ2) is 10.4. The van der Waals surface area contributed by atoms with E-state index in [-0.39, 0.29) is 17.5 Å². The van der Waals surface area contributed by atoms with Gasteiger partial charge in [0.25, 0.3) is 5.91 Å². The number of nitrogens with zero attached hydrogens (tertiary/aromatic N) is 5. The van der Waals surface area contributed by atoms with Crippen molar-refractivity contribution in [2.24, 2.45) is 15.1 Å². The third-order valence-electron chi connectivity index (χ3n) is 5.90. The Morgan fingerprint density at radius 3 is 2.67 bits per heavy atom. The molecular formula is C24H31N5O4. The van der Waals surface area contributed by atoms with Crippen molar-refractivity contribution < 1.29 is 19.1 Å². The summed E-state index contributed by atoms with van der Waals surface area (Å²) >= 11 is 0. The standard InChI is InChI=1S/C24H31N5O4/c1-4-7-18-21-22(29(5-2)27-18)24(31)26-23(25-21)17-14-16(8-9-20(17)33-6-3)19(30)15-28-10-12-32-13-11-28/h8-9,14,22H,4-7,10-13,15H2,1-3H3. The number of aliphatic imine (C=N–C) groups is 2. The van der Waals surface area contributed by atoms with Crippen molar-refractivity contribution in [1.29, 1.82) is 0 Å². The van der Waals surface area contributed by atoms with E-state index in [9.17, 15) is 9.59 Å². The normalized spacial score (nSPS) is 20.8. The molecule has 9 nitrogen and oxygen atoms in total. The SMILES string of the molecule is CCCC1=NN(CC)C2C(=O)N=C(c3cc(C(=O)CN4CCOCC4)ccc3OCC)N=C12. The fraction of sp³-hybridized carbons (Fsp3) is 0.542. The molecule has 1 fully saturated rings. The van der Waals surface area contributed by atoms with Gasteiger partial charge >= 0.3 is 0 Å². The van der Waals surface area contributed by atoms with Crippen LogP contribution in [0.25, 0.3) is 0 Å². The molecule has 3 aliphatic heterocycles. The lowest BCUT2D eigenvalue weighted by atomic mass is 10.0. The van der Waals surface area contributed by atoms with Crippen LogP contribution in [0.4, 0.5) is 0 Å². The molecule has 9 heteroatoms. The molecule has 1 aromatic carbocycles. The van der Waals surface area contributed by atoms with Crippen molar-refractivity contribution >= 4 is 28.9 Å². The average Bonchev–Trinajstić information content (AvgIpc) is 3.18. The van der Waals surface area contributed by atoms with E-state index in [1.165, 1.54) is 0 Å². The Kier molecular flexibility index (Phi) is 7.29. The van der Waals surface area contributed by atoms with Gasteiger partial charge in [0, 0.05) is 25.2 Å². The molecule has 3 heterocycles. The number of likely N-dealkylation sites (N-methyl/N-ethyl adjacent to an activating group) is 1. The number of benzene rings is 1. The van der Waals surface area contributed by atoms with Gasteiger partial charge in [-0.25, -0.2) is 4.99 Å². The lowest BCUT2D eigenvalue weighted by molar-refractivity contribution is -0.120. The number of carbonyl (C=O) groups excluding carboxylic acids is 2. The largest absolute Gasteiger partial charge is 0.493 e. The number of ketones is 1. The smallest absolute Gasteiger partial charge is 0.278 e. The molecule has 1 unspecified atom stereocenters. The molecule has 3 aliphatic rings. The third-order valence-corrected chi connectivity index (χ3v) is 5.90. The molecule has 1 aromatic rings. The van der Waals surface area contributed by atoms with Crippen molar-refractivity contribution in [3.05, 3.63) is 29.3 Å². The quantitative estimate of drug-likeness (QED) is 0.532. The van der Waals surface area contributed by atoms with E-state index in [4.69, 9.17) is 14.5 Å². The number of hydrogen-bond donors (Lipinski definition) is 0. The second-order valence-corrected chi connectivity index (χ2v) is 8.18. The van der Waals surface area contributed by atoms with Gasteiger partial charge in [0.1, 0.15) is 11.5 Å². The molecule has 0 spiro atoms. The minimum atomic E-state index is -0.568. The molecule has 4 rings (SSSR count). The second-order valence-electron chi connectivity index (χ2n) is 8.18. The number of carbonyl (C=O) groups is 2. The van der Waals surface area contributed by atoms with Gasteiger partial charge in [0.05, 0.1) is 37.6 Å². The first-order chi connectivity index (χ1) is 16.0. The summed E-state index contributed by atoms with van der Waals surface area (Å²) < 4.78 is 11.2. The Bertz CT molecular complexity index is 1010. The molecule has 0 bridgehead atoms. The molecule has 0 aliphatic carbocycles. The Hall–Kier alpha value is -2.91.